The molecular formula is C17H16ClNO3. The van der Waals surface area contributed by atoms with Crippen molar-refractivity contribution in [3.63, 3.8) is 0 Å². The predicted octanol–water partition coefficient (Wildman–Crippen LogP) is 4.07. The molecule has 0 spiro atoms. The summed E-state index contributed by atoms with van der Waals surface area (Å²) in [5.74, 6) is 1.76. The van der Waals surface area contributed by atoms with E-state index in [-0.39, 0.29) is 0 Å². The van der Waals surface area contributed by atoms with E-state index in [1.54, 1.807) is 30.3 Å². The normalized spacial score (nSPS) is 9.86. The monoisotopic (exact) mass is 317 g/mol. The number of nitriles is 1. The summed E-state index contributed by atoms with van der Waals surface area (Å²) in [6.07, 6.45) is 0. The van der Waals surface area contributed by atoms with Crippen molar-refractivity contribution in [3.8, 4) is 23.3 Å². The van der Waals surface area contributed by atoms with Gasteiger partial charge in [-0.1, -0.05) is 23.7 Å². The van der Waals surface area contributed by atoms with Crippen molar-refractivity contribution < 1.29 is 14.2 Å². The molecule has 2 aromatic carbocycles. The Balaban J connectivity index is 1.91. The van der Waals surface area contributed by atoms with E-state index in [9.17, 15) is 0 Å². The van der Waals surface area contributed by atoms with E-state index in [0.29, 0.717) is 47.7 Å². The zero-order valence-electron chi connectivity index (χ0n) is 12.2. The maximum Gasteiger partial charge on any atom is 0.162 e. The molecule has 22 heavy (non-hydrogen) atoms. The second-order valence-corrected chi connectivity index (χ2v) is 4.74. The fourth-order valence-corrected chi connectivity index (χ4v) is 2.02. The summed E-state index contributed by atoms with van der Waals surface area (Å²) in [6.45, 7) is 3.08. The first-order valence-corrected chi connectivity index (χ1v) is 7.29. The highest BCUT2D eigenvalue weighted by Crippen LogP contribution is 2.28. The van der Waals surface area contributed by atoms with Gasteiger partial charge in [0.15, 0.2) is 11.5 Å². The van der Waals surface area contributed by atoms with Gasteiger partial charge in [-0.15, -0.1) is 0 Å². The molecular weight excluding hydrogens is 302 g/mol. The first-order valence-electron chi connectivity index (χ1n) is 6.91. The van der Waals surface area contributed by atoms with Crippen LogP contribution >= 0.6 is 11.6 Å². The first-order chi connectivity index (χ1) is 10.7. The van der Waals surface area contributed by atoms with Crippen molar-refractivity contribution in [2.45, 2.75) is 6.92 Å². The van der Waals surface area contributed by atoms with Gasteiger partial charge in [0.25, 0.3) is 0 Å². The fraction of sp³-hybridized carbons (Fsp3) is 0.235. The van der Waals surface area contributed by atoms with Crippen LogP contribution in [0.15, 0.2) is 42.5 Å². The molecule has 0 atom stereocenters. The molecule has 5 heteroatoms. The Kier molecular flexibility index (Phi) is 5.93. The van der Waals surface area contributed by atoms with Crippen molar-refractivity contribution in [2.75, 3.05) is 19.8 Å². The maximum atomic E-state index is 8.91. The Labute approximate surface area is 134 Å². The number of halogens is 1. The Morgan fingerprint density at radius 3 is 2.36 bits per heavy atom. The minimum absolute atomic E-state index is 0.344. The predicted molar refractivity (Wildman–Crippen MR) is 84.8 cm³/mol. The van der Waals surface area contributed by atoms with Gasteiger partial charge < -0.3 is 14.2 Å². The number of benzene rings is 2. The average molecular weight is 318 g/mol. The summed E-state index contributed by atoms with van der Waals surface area (Å²) < 4.78 is 16.7. The molecule has 0 saturated heterocycles. The highest BCUT2D eigenvalue weighted by Gasteiger charge is 2.07. The van der Waals surface area contributed by atoms with Gasteiger partial charge >= 0.3 is 0 Å². The lowest BCUT2D eigenvalue weighted by molar-refractivity contribution is 0.208. The van der Waals surface area contributed by atoms with E-state index in [1.165, 1.54) is 0 Å². The molecule has 0 amide bonds. The number of nitrogens with zero attached hydrogens (tertiary/aromatic N) is 1. The van der Waals surface area contributed by atoms with Crippen LogP contribution in [0.5, 0.6) is 17.2 Å². The Bertz CT molecular complexity index is 667. The average Bonchev–Trinajstić information content (AvgIpc) is 2.54. The largest absolute Gasteiger partial charge is 0.490 e. The van der Waals surface area contributed by atoms with E-state index in [0.717, 1.165) is 0 Å². The summed E-state index contributed by atoms with van der Waals surface area (Å²) >= 11 is 6.00. The van der Waals surface area contributed by atoms with E-state index < -0.39 is 0 Å². The van der Waals surface area contributed by atoms with Crippen LogP contribution in [0.25, 0.3) is 0 Å². The van der Waals surface area contributed by atoms with Gasteiger partial charge in [0.1, 0.15) is 19.0 Å². The Hall–Kier alpha value is -2.38. The number of hydrogen-bond donors (Lipinski definition) is 0. The summed E-state index contributed by atoms with van der Waals surface area (Å²) in [5, 5.41) is 9.47. The second kappa shape index (κ2) is 8.16. The fourth-order valence-electron chi connectivity index (χ4n) is 1.83. The standard InChI is InChI=1S/C17H16ClNO3/c1-2-20-17-11-13(12-19)7-8-16(17)22-10-9-21-15-6-4-3-5-14(15)18/h3-8,11H,2,9-10H2,1H3. The van der Waals surface area contributed by atoms with Gasteiger partial charge in [-0.05, 0) is 31.2 Å². The summed E-state index contributed by atoms with van der Waals surface area (Å²) in [6, 6.07) is 14.4. The van der Waals surface area contributed by atoms with Crippen LogP contribution < -0.4 is 14.2 Å². The number of hydrogen-bond acceptors (Lipinski definition) is 4. The molecule has 4 nitrogen and oxygen atoms in total. The zero-order valence-corrected chi connectivity index (χ0v) is 13.0. The third-order valence-electron chi connectivity index (χ3n) is 2.81. The third-order valence-corrected chi connectivity index (χ3v) is 3.12. The lowest BCUT2D eigenvalue weighted by Crippen LogP contribution is -2.10. The third kappa shape index (κ3) is 4.31. The lowest BCUT2D eigenvalue weighted by Gasteiger charge is -2.13. The quantitative estimate of drug-likeness (QED) is 0.722. The molecule has 2 rings (SSSR count). The smallest absolute Gasteiger partial charge is 0.162 e. The van der Waals surface area contributed by atoms with Crippen LogP contribution in [0.3, 0.4) is 0 Å². The van der Waals surface area contributed by atoms with Crippen LogP contribution in [0, 0.1) is 11.3 Å². The van der Waals surface area contributed by atoms with E-state index >= 15 is 0 Å². The lowest BCUT2D eigenvalue weighted by atomic mass is 10.2. The molecule has 0 saturated carbocycles. The minimum Gasteiger partial charge on any atom is -0.490 e. The number of rotatable bonds is 7. The Morgan fingerprint density at radius 1 is 0.955 bits per heavy atom. The van der Waals surface area contributed by atoms with Crippen LogP contribution in [0.4, 0.5) is 0 Å². The van der Waals surface area contributed by atoms with Crippen molar-refractivity contribution in [1.82, 2.24) is 0 Å². The van der Waals surface area contributed by atoms with E-state index in [4.69, 9.17) is 31.1 Å². The van der Waals surface area contributed by atoms with Crippen molar-refractivity contribution in [1.29, 1.82) is 5.26 Å². The SMILES string of the molecule is CCOc1cc(C#N)ccc1OCCOc1ccccc1Cl. The van der Waals surface area contributed by atoms with Gasteiger partial charge in [-0.25, -0.2) is 0 Å². The molecule has 0 unspecified atom stereocenters. The molecule has 0 aromatic heterocycles. The topological polar surface area (TPSA) is 51.5 Å². The molecule has 0 fully saturated rings. The number of ether oxygens (including phenoxy) is 3. The first kappa shape index (κ1) is 16.0. The number of para-hydroxylation sites is 1. The van der Waals surface area contributed by atoms with Crippen LogP contribution in [-0.2, 0) is 0 Å². The highest BCUT2D eigenvalue weighted by atomic mass is 35.5. The van der Waals surface area contributed by atoms with E-state index in [1.807, 2.05) is 19.1 Å². The zero-order chi connectivity index (χ0) is 15.8. The van der Waals surface area contributed by atoms with Gasteiger partial charge in [-0.3, -0.25) is 0 Å². The molecule has 0 heterocycles. The Morgan fingerprint density at radius 2 is 1.68 bits per heavy atom. The summed E-state index contributed by atoms with van der Waals surface area (Å²) in [4.78, 5) is 0. The molecule has 114 valence electrons. The summed E-state index contributed by atoms with van der Waals surface area (Å²) in [5.41, 5.74) is 0.531. The highest BCUT2D eigenvalue weighted by molar-refractivity contribution is 6.32. The minimum atomic E-state index is 0.344. The molecule has 2 aromatic rings. The van der Waals surface area contributed by atoms with Crippen LogP contribution in [0.1, 0.15) is 12.5 Å². The molecule has 0 aliphatic rings. The van der Waals surface area contributed by atoms with Gasteiger partial charge in [-0.2, -0.15) is 5.26 Å². The van der Waals surface area contributed by atoms with Crippen molar-refractivity contribution in [2.24, 2.45) is 0 Å². The van der Waals surface area contributed by atoms with Gasteiger partial charge in [0.2, 0.25) is 0 Å². The van der Waals surface area contributed by atoms with Crippen molar-refractivity contribution in [3.05, 3.63) is 53.1 Å². The van der Waals surface area contributed by atoms with Crippen LogP contribution in [-0.4, -0.2) is 19.8 Å². The molecule has 0 aliphatic carbocycles. The van der Waals surface area contributed by atoms with Gasteiger partial charge in [0, 0.05) is 6.07 Å². The molecule has 0 aliphatic heterocycles. The van der Waals surface area contributed by atoms with Crippen LogP contribution in [0.2, 0.25) is 5.02 Å². The van der Waals surface area contributed by atoms with Gasteiger partial charge in [0.05, 0.1) is 23.3 Å². The second-order valence-electron chi connectivity index (χ2n) is 4.33. The molecule has 0 radical (unpaired) electrons. The van der Waals surface area contributed by atoms with Crippen molar-refractivity contribution >= 4 is 11.6 Å². The van der Waals surface area contributed by atoms with E-state index in [2.05, 4.69) is 6.07 Å². The molecule has 0 bridgehead atoms. The molecule has 0 N–H and O–H groups in total. The summed E-state index contributed by atoms with van der Waals surface area (Å²) in [7, 11) is 0. The maximum absolute atomic E-state index is 8.91.